The fourth-order valence-corrected chi connectivity index (χ4v) is 1.59. The third-order valence-corrected chi connectivity index (χ3v) is 2.53. The van der Waals surface area contributed by atoms with Crippen LogP contribution >= 0.6 is 11.6 Å². The van der Waals surface area contributed by atoms with Crippen molar-refractivity contribution in [1.29, 1.82) is 0 Å². The molecule has 0 nitrogen and oxygen atoms in total. The van der Waals surface area contributed by atoms with Crippen LogP contribution in [0.15, 0.2) is 18.2 Å². The third kappa shape index (κ3) is 3.26. The first-order valence-electron chi connectivity index (χ1n) is 4.73. The molecule has 0 aromatic heterocycles. The summed E-state index contributed by atoms with van der Waals surface area (Å²) in [6.07, 6.45) is 2.74. The molecule has 0 N–H and O–H groups in total. The van der Waals surface area contributed by atoms with E-state index < -0.39 is 11.6 Å². The van der Waals surface area contributed by atoms with Crippen LogP contribution in [0.3, 0.4) is 0 Å². The highest BCUT2D eigenvalue weighted by atomic mass is 35.5. The monoisotopic (exact) mass is 218 g/mol. The lowest BCUT2D eigenvalue weighted by atomic mass is 10.1. The molecular weight excluding hydrogens is 206 g/mol. The lowest BCUT2D eigenvalue weighted by Crippen LogP contribution is -1.93. The molecule has 0 radical (unpaired) electrons. The van der Waals surface area contributed by atoms with Gasteiger partial charge in [-0.15, -0.1) is 11.6 Å². The average molecular weight is 219 g/mol. The Balaban J connectivity index is 2.73. The zero-order valence-corrected chi connectivity index (χ0v) is 8.82. The molecular formula is C11H13ClF2. The maximum absolute atomic E-state index is 12.8. The molecule has 0 saturated carbocycles. The molecule has 0 aliphatic carbocycles. The lowest BCUT2D eigenvalue weighted by molar-refractivity contribution is 0.576. The van der Waals surface area contributed by atoms with E-state index in [0.29, 0.717) is 5.56 Å². The smallest absolute Gasteiger partial charge is 0.126 e. The molecule has 1 rings (SSSR count). The molecule has 0 saturated heterocycles. The standard InChI is InChI=1S/C11H13ClF2/c1-2-3-4-11(12)8-5-9(13)7-10(14)6-8/h5-7,11H,2-4H2,1H3. The van der Waals surface area contributed by atoms with Crippen molar-refractivity contribution in [2.24, 2.45) is 0 Å². The highest BCUT2D eigenvalue weighted by Crippen LogP contribution is 2.27. The number of rotatable bonds is 4. The van der Waals surface area contributed by atoms with Crippen LogP contribution in [0.1, 0.15) is 37.1 Å². The SMILES string of the molecule is CCCCC(Cl)c1cc(F)cc(F)c1. The summed E-state index contributed by atoms with van der Waals surface area (Å²) in [5, 5.41) is -0.292. The molecule has 0 aliphatic rings. The molecule has 1 aromatic rings. The van der Waals surface area contributed by atoms with Crippen molar-refractivity contribution >= 4 is 11.6 Å². The van der Waals surface area contributed by atoms with Crippen LogP contribution in [-0.2, 0) is 0 Å². The van der Waals surface area contributed by atoms with Crippen LogP contribution in [0, 0.1) is 11.6 Å². The largest absolute Gasteiger partial charge is 0.207 e. The zero-order chi connectivity index (χ0) is 10.6. The topological polar surface area (TPSA) is 0 Å². The number of unbranched alkanes of at least 4 members (excludes halogenated alkanes) is 1. The molecule has 0 fully saturated rings. The fraction of sp³-hybridized carbons (Fsp3) is 0.455. The molecule has 0 aliphatic heterocycles. The summed E-state index contributed by atoms with van der Waals surface area (Å²) in [5.74, 6) is -1.13. The van der Waals surface area contributed by atoms with Crippen LogP contribution < -0.4 is 0 Å². The number of benzene rings is 1. The highest BCUT2D eigenvalue weighted by Gasteiger charge is 2.09. The average Bonchev–Trinajstić information content (AvgIpc) is 2.12. The lowest BCUT2D eigenvalue weighted by Gasteiger charge is -2.09. The molecule has 1 aromatic carbocycles. The van der Waals surface area contributed by atoms with Crippen LogP contribution in [0.4, 0.5) is 8.78 Å². The van der Waals surface area contributed by atoms with Crippen molar-refractivity contribution in [2.45, 2.75) is 31.6 Å². The molecule has 1 unspecified atom stereocenters. The molecule has 1 atom stereocenters. The van der Waals surface area contributed by atoms with E-state index >= 15 is 0 Å². The van der Waals surface area contributed by atoms with Crippen LogP contribution in [0.2, 0.25) is 0 Å². The van der Waals surface area contributed by atoms with Crippen LogP contribution in [-0.4, -0.2) is 0 Å². The Morgan fingerprint density at radius 2 is 1.79 bits per heavy atom. The molecule has 0 amide bonds. The van der Waals surface area contributed by atoms with Crippen molar-refractivity contribution in [2.75, 3.05) is 0 Å². The van der Waals surface area contributed by atoms with Gasteiger partial charge in [0.1, 0.15) is 11.6 Å². The Labute approximate surface area is 87.9 Å². The molecule has 78 valence electrons. The Kier molecular flexibility index (Phi) is 4.33. The summed E-state index contributed by atoms with van der Waals surface area (Å²) in [7, 11) is 0. The summed E-state index contributed by atoms with van der Waals surface area (Å²) in [6, 6.07) is 3.43. The van der Waals surface area contributed by atoms with Gasteiger partial charge in [-0.1, -0.05) is 19.8 Å². The number of hydrogen-bond donors (Lipinski definition) is 0. The normalized spacial score (nSPS) is 12.9. The highest BCUT2D eigenvalue weighted by molar-refractivity contribution is 6.20. The summed E-state index contributed by atoms with van der Waals surface area (Å²) in [4.78, 5) is 0. The maximum atomic E-state index is 12.8. The van der Waals surface area contributed by atoms with E-state index in [2.05, 4.69) is 6.92 Å². The van der Waals surface area contributed by atoms with Crippen molar-refractivity contribution in [3.05, 3.63) is 35.4 Å². The second-order valence-corrected chi connectivity index (χ2v) is 3.84. The van der Waals surface area contributed by atoms with Gasteiger partial charge in [-0.3, -0.25) is 0 Å². The van der Waals surface area contributed by atoms with Gasteiger partial charge < -0.3 is 0 Å². The van der Waals surface area contributed by atoms with Crippen LogP contribution in [0.5, 0.6) is 0 Å². The predicted molar refractivity (Wildman–Crippen MR) is 54.5 cm³/mol. The molecule has 0 heterocycles. The van der Waals surface area contributed by atoms with Gasteiger partial charge in [-0.05, 0) is 24.1 Å². The number of alkyl halides is 1. The summed E-state index contributed by atoms with van der Waals surface area (Å²) < 4.78 is 25.6. The summed E-state index contributed by atoms with van der Waals surface area (Å²) in [6.45, 7) is 2.05. The Morgan fingerprint density at radius 1 is 1.21 bits per heavy atom. The summed E-state index contributed by atoms with van der Waals surface area (Å²) >= 11 is 6.00. The Bertz CT molecular complexity index is 279. The third-order valence-electron chi connectivity index (χ3n) is 2.06. The predicted octanol–water partition coefficient (Wildman–Crippen LogP) is 4.43. The van der Waals surface area contributed by atoms with E-state index in [0.717, 1.165) is 25.3 Å². The minimum Gasteiger partial charge on any atom is -0.207 e. The molecule has 0 bridgehead atoms. The first-order valence-corrected chi connectivity index (χ1v) is 5.17. The minimum absolute atomic E-state index is 0.292. The zero-order valence-electron chi connectivity index (χ0n) is 8.06. The Morgan fingerprint density at radius 3 is 2.29 bits per heavy atom. The van der Waals surface area contributed by atoms with Gasteiger partial charge in [-0.2, -0.15) is 0 Å². The van der Waals surface area contributed by atoms with Gasteiger partial charge in [-0.25, -0.2) is 8.78 Å². The van der Waals surface area contributed by atoms with Gasteiger partial charge in [0.05, 0.1) is 5.38 Å². The first kappa shape index (κ1) is 11.4. The van der Waals surface area contributed by atoms with E-state index in [-0.39, 0.29) is 5.38 Å². The number of halogens is 3. The maximum Gasteiger partial charge on any atom is 0.126 e. The van der Waals surface area contributed by atoms with Gasteiger partial charge in [0, 0.05) is 6.07 Å². The van der Waals surface area contributed by atoms with E-state index in [1.54, 1.807) is 0 Å². The fourth-order valence-electron chi connectivity index (χ4n) is 1.31. The van der Waals surface area contributed by atoms with E-state index in [4.69, 9.17) is 11.6 Å². The van der Waals surface area contributed by atoms with E-state index in [1.165, 1.54) is 12.1 Å². The molecule has 3 heteroatoms. The van der Waals surface area contributed by atoms with Gasteiger partial charge >= 0.3 is 0 Å². The van der Waals surface area contributed by atoms with Crippen molar-refractivity contribution in [1.82, 2.24) is 0 Å². The van der Waals surface area contributed by atoms with Gasteiger partial charge in [0.25, 0.3) is 0 Å². The van der Waals surface area contributed by atoms with Crippen molar-refractivity contribution in [3.63, 3.8) is 0 Å². The summed E-state index contributed by atoms with van der Waals surface area (Å²) in [5.41, 5.74) is 0.526. The quantitative estimate of drug-likeness (QED) is 0.656. The molecule has 14 heavy (non-hydrogen) atoms. The second-order valence-electron chi connectivity index (χ2n) is 3.31. The minimum atomic E-state index is -0.567. The second kappa shape index (κ2) is 5.30. The van der Waals surface area contributed by atoms with Crippen molar-refractivity contribution < 1.29 is 8.78 Å². The van der Waals surface area contributed by atoms with Gasteiger partial charge in [0.2, 0.25) is 0 Å². The Hall–Kier alpha value is -0.630. The number of hydrogen-bond acceptors (Lipinski definition) is 0. The van der Waals surface area contributed by atoms with E-state index in [1.807, 2.05) is 0 Å². The van der Waals surface area contributed by atoms with Crippen molar-refractivity contribution in [3.8, 4) is 0 Å². The first-order chi connectivity index (χ1) is 6.63. The molecule has 0 spiro atoms. The van der Waals surface area contributed by atoms with E-state index in [9.17, 15) is 8.78 Å². The van der Waals surface area contributed by atoms with Crippen LogP contribution in [0.25, 0.3) is 0 Å². The van der Waals surface area contributed by atoms with Gasteiger partial charge in [0.15, 0.2) is 0 Å².